The summed E-state index contributed by atoms with van der Waals surface area (Å²) in [6.45, 7) is 0.290. The van der Waals surface area contributed by atoms with Gasteiger partial charge in [0.15, 0.2) is 0 Å². The van der Waals surface area contributed by atoms with Crippen LogP contribution in [0.4, 0.5) is 0 Å². The van der Waals surface area contributed by atoms with Crippen molar-refractivity contribution in [2.45, 2.75) is 11.4 Å². The Bertz CT molecular complexity index is 975. The molecule has 7 nitrogen and oxygen atoms in total. The van der Waals surface area contributed by atoms with E-state index in [1.165, 1.54) is 38.4 Å². The number of amides is 1. The van der Waals surface area contributed by atoms with Crippen molar-refractivity contribution in [3.8, 4) is 0 Å². The summed E-state index contributed by atoms with van der Waals surface area (Å²) in [5.41, 5.74) is 2.08. The normalized spacial score (nSPS) is 11.8. The first kappa shape index (κ1) is 17.1. The van der Waals surface area contributed by atoms with Crippen LogP contribution in [0.3, 0.4) is 0 Å². The monoisotopic (exact) mass is 358 g/mol. The van der Waals surface area contributed by atoms with Gasteiger partial charge in [-0.3, -0.25) is 4.79 Å². The Labute approximate surface area is 145 Å². The van der Waals surface area contributed by atoms with Gasteiger partial charge in [0.2, 0.25) is 10.0 Å². The Balaban J connectivity index is 1.69. The molecule has 0 fully saturated rings. The maximum absolute atomic E-state index is 12.2. The summed E-state index contributed by atoms with van der Waals surface area (Å²) in [5.74, 6) is -0.286. The first-order chi connectivity index (χ1) is 11.9. The molecule has 1 N–H and O–H groups in total. The molecule has 25 heavy (non-hydrogen) atoms. The van der Waals surface area contributed by atoms with Gasteiger partial charge >= 0.3 is 0 Å². The molecule has 0 spiro atoms. The third-order valence-corrected chi connectivity index (χ3v) is 5.58. The Morgan fingerprint density at radius 3 is 2.52 bits per heavy atom. The molecule has 1 aromatic carbocycles. The third-order valence-electron chi connectivity index (χ3n) is 3.75. The highest BCUT2D eigenvalue weighted by Gasteiger charge is 2.17. The average molecular weight is 358 g/mol. The SMILES string of the molecule is CN(C)S(=O)(=O)c1ccc(C(=O)NCc2cc3ccccn3n2)cc1. The molecular weight excluding hydrogens is 340 g/mol. The fourth-order valence-electron chi connectivity index (χ4n) is 2.34. The molecule has 0 aliphatic carbocycles. The van der Waals surface area contributed by atoms with Crippen LogP contribution in [0.25, 0.3) is 5.52 Å². The Morgan fingerprint density at radius 1 is 1.16 bits per heavy atom. The van der Waals surface area contributed by atoms with Crippen molar-refractivity contribution >= 4 is 21.4 Å². The number of aromatic nitrogens is 2. The van der Waals surface area contributed by atoms with Gasteiger partial charge < -0.3 is 5.32 Å². The minimum absolute atomic E-state index is 0.148. The predicted octanol–water partition coefficient (Wildman–Crippen LogP) is 1.51. The van der Waals surface area contributed by atoms with Crippen molar-refractivity contribution in [3.63, 3.8) is 0 Å². The van der Waals surface area contributed by atoms with E-state index < -0.39 is 10.0 Å². The fraction of sp³-hybridized carbons (Fsp3) is 0.176. The number of hydrogen-bond acceptors (Lipinski definition) is 4. The number of benzene rings is 1. The third kappa shape index (κ3) is 3.54. The topological polar surface area (TPSA) is 83.8 Å². The fourth-order valence-corrected chi connectivity index (χ4v) is 3.24. The highest BCUT2D eigenvalue weighted by molar-refractivity contribution is 7.89. The quantitative estimate of drug-likeness (QED) is 0.749. The molecule has 130 valence electrons. The Morgan fingerprint density at radius 2 is 1.88 bits per heavy atom. The summed E-state index contributed by atoms with van der Waals surface area (Å²) in [6.07, 6.45) is 1.84. The second-order valence-electron chi connectivity index (χ2n) is 5.70. The molecule has 2 aromatic heterocycles. The molecular formula is C17H18N4O3S. The van der Waals surface area contributed by atoms with Gasteiger partial charge in [-0.25, -0.2) is 17.2 Å². The molecule has 0 bridgehead atoms. The van der Waals surface area contributed by atoms with E-state index in [1.54, 1.807) is 4.52 Å². The van der Waals surface area contributed by atoms with Crippen LogP contribution < -0.4 is 5.32 Å². The van der Waals surface area contributed by atoms with Crippen LogP contribution >= 0.6 is 0 Å². The molecule has 0 aliphatic rings. The zero-order valence-electron chi connectivity index (χ0n) is 13.9. The summed E-state index contributed by atoms with van der Waals surface area (Å²) in [7, 11) is -0.574. The van der Waals surface area contributed by atoms with Crippen molar-refractivity contribution in [2.24, 2.45) is 0 Å². The van der Waals surface area contributed by atoms with Crippen molar-refractivity contribution in [1.29, 1.82) is 0 Å². The lowest BCUT2D eigenvalue weighted by Crippen LogP contribution is -2.24. The highest BCUT2D eigenvalue weighted by atomic mass is 32.2. The molecule has 3 aromatic rings. The largest absolute Gasteiger partial charge is 0.346 e. The molecule has 0 atom stereocenters. The van der Waals surface area contributed by atoms with E-state index in [9.17, 15) is 13.2 Å². The first-order valence-electron chi connectivity index (χ1n) is 7.62. The standard InChI is InChI=1S/C17H18N4O3S/c1-20(2)25(23,24)16-8-6-13(7-9-16)17(22)18-12-14-11-15-5-3-4-10-21(15)19-14/h3-11H,12H2,1-2H3,(H,18,22). The van der Waals surface area contributed by atoms with Gasteiger partial charge in [0.1, 0.15) is 0 Å². The summed E-state index contributed by atoms with van der Waals surface area (Å²) in [5, 5.41) is 7.14. The van der Waals surface area contributed by atoms with Crippen LogP contribution in [0.2, 0.25) is 0 Å². The van der Waals surface area contributed by atoms with Crippen LogP contribution in [0.5, 0.6) is 0 Å². The van der Waals surface area contributed by atoms with Crippen molar-refractivity contribution in [2.75, 3.05) is 14.1 Å². The summed E-state index contributed by atoms with van der Waals surface area (Å²) >= 11 is 0. The number of carbonyl (C=O) groups is 1. The molecule has 3 rings (SSSR count). The number of carbonyl (C=O) groups excluding carboxylic acids is 1. The van der Waals surface area contributed by atoms with Crippen LogP contribution in [0.1, 0.15) is 16.1 Å². The minimum atomic E-state index is -3.50. The van der Waals surface area contributed by atoms with E-state index in [-0.39, 0.29) is 17.3 Å². The predicted molar refractivity (Wildman–Crippen MR) is 93.7 cm³/mol. The van der Waals surface area contributed by atoms with Gasteiger partial charge in [0.05, 0.1) is 22.7 Å². The number of hydrogen-bond donors (Lipinski definition) is 1. The molecule has 0 radical (unpaired) electrons. The van der Waals surface area contributed by atoms with Crippen molar-refractivity contribution in [1.82, 2.24) is 19.2 Å². The zero-order chi connectivity index (χ0) is 18.0. The van der Waals surface area contributed by atoms with Crippen molar-refractivity contribution < 1.29 is 13.2 Å². The number of nitrogens with zero attached hydrogens (tertiary/aromatic N) is 3. The lowest BCUT2D eigenvalue weighted by Gasteiger charge is -2.11. The van der Waals surface area contributed by atoms with Gasteiger partial charge in [0.25, 0.3) is 5.91 Å². The maximum Gasteiger partial charge on any atom is 0.251 e. The van der Waals surface area contributed by atoms with Gasteiger partial charge in [-0.15, -0.1) is 0 Å². The summed E-state index contributed by atoms with van der Waals surface area (Å²) in [6, 6.07) is 13.5. The Kier molecular flexibility index (Phi) is 4.56. The minimum Gasteiger partial charge on any atom is -0.346 e. The van der Waals surface area contributed by atoms with Crippen LogP contribution in [-0.4, -0.2) is 42.3 Å². The number of fused-ring (bicyclic) bond motifs is 1. The number of nitrogens with one attached hydrogen (secondary N) is 1. The van der Waals surface area contributed by atoms with E-state index in [0.29, 0.717) is 5.56 Å². The smallest absolute Gasteiger partial charge is 0.251 e. The lowest BCUT2D eigenvalue weighted by atomic mass is 10.2. The van der Waals surface area contributed by atoms with Crippen LogP contribution in [-0.2, 0) is 16.6 Å². The van der Waals surface area contributed by atoms with E-state index in [2.05, 4.69) is 10.4 Å². The first-order valence-corrected chi connectivity index (χ1v) is 9.06. The maximum atomic E-state index is 12.2. The molecule has 0 unspecified atom stereocenters. The number of sulfonamides is 1. The zero-order valence-corrected chi connectivity index (χ0v) is 14.7. The summed E-state index contributed by atoms with van der Waals surface area (Å²) in [4.78, 5) is 12.4. The van der Waals surface area contributed by atoms with Gasteiger partial charge in [-0.2, -0.15) is 5.10 Å². The van der Waals surface area contributed by atoms with E-state index >= 15 is 0 Å². The van der Waals surface area contributed by atoms with E-state index in [4.69, 9.17) is 0 Å². The summed E-state index contributed by atoms with van der Waals surface area (Å²) < 4.78 is 26.9. The molecule has 0 saturated heterocycles. The molecule has 0 aliphatic heterocycles. The van der Waals surface area contributed by atoms with Crippen LogP contribution in [0, 0.1) is 0 Å². The lowest BCUT2D eigenvalue weighted by molar-refractivity contribution is 0.0950. The second-order valence-corrected chi connectivity index (χ2v) is 7.85. The molecule has 1 amide bonds. The van der Waals surface area contributed by atoms with E-state index in [1.807, 2.05) is 30.5 Å². The van der Waals surface area contributed by atoms with Crippen molar-refractivity contribution in [3.05, 3.63) is 66.0 Å². The van der Waals surface area contributed by atoms with Gasteiger partial charge in [-0.05, 0) is 42.5 Å². The number of pyridine rings is 1. The average Bonchev–Trinajstić information content (AvgIpc) is 3.02. The van der Waals surface area contributed by atoms with Crippen LogP contribution in [0.15, 0.2) is 59.6 Å². The second kappa shape index (κ2) is 6.66. The molecule has 8 heteroatoms. The van der Waals surface area contributed by atoms with Gasteiger partial charge in [0, 0.05) is 25.9 Å². The molecule has 2 heterocycles. The van der Waals surface area contributed by atoms with Gasteiger partial charge in [-0.1, -0.05) is 6.07 Å². The highest BCUT2D eigenvalue weighted by Crippen LogP contribution is 2.14. The molecule has 0 saturated carbocycles. The van der Waals surface area contributed by atoms with E-state index in [0.717, 1.165) is 15.5 Å². The number of rotatable bonds is 5. The Hall–Kier alpha value is -2.71.